The van der Waals surface area contributed by atoms with Gasteiger partial charge in [0.05, 0.1) is 18.7 Å². The van der Waals surface area contributed by atoms with E-state index in [2.05, 4.69) is 5.10 Å². The van der Waals surface area contributed by atoms with Crippen LogP contribution < -0.4 is 0 Å². The average Bonchev–Trinajstić information content (AvgIpc) is 2.82. The van der Waals surface area contributed by atoms with Crippen LogP contribution >= 0.6 is 0 Å². The van der Waals surface area contributed by atoms with Gasteiger partial charge in [0.25, 0.3) is 0 Å². The molecule has 0 fully saturated rings. The second-order valence-electron chi connectivity index (χ2n) is 4.50. The Bertz CT molecular complexity index is 704. The van der Waals surface area contributed by atoms with Gasteiger partial charge in [0.15, 0.2) is 0 Å². The second kappa shape index (κ2) is 4.82. The van der Waals surface area contributed by atoms with Crippen molar-refractivity contribution in [2.75, 3.05) is 0 Å². The van der Waals surface area contributed by atoms with Gasteiger partial charge in [-0.2, -0.15) is 5.10 Å². The first-order chi connectivity index (χ1) is 9.24. The van der Waals surface area contributed by atoms with E-state index < -0.39 is 0 Å². The highest BCUT2D eigenvalue weighted by molar-refractivity contribution is 5.78. The monoisotopic (exact) mass is 256 g/mol. The summed E-state index contributed by atoms with van der Waals surface area (Å²) in [6, 6.07) is 12.1. The largest absolute Gasteiger partial charge is 0.392 e. The summed E-state index contributed by atoms with van der Waals surface area (Å²) in [5.41, 5.74) is 2.70. The van der Waals surface area contributed by atoms with E-state index in [1.807, 2.05) is 29.1 Å². The molecule has 0 radical (unpaired) electrons. The van der Waals surface area contributed by atoms with Gasteiger partial charge < -0.3 is 5.11 Å². The van der Waals surface area contributed by atoms with E-state index in [1.165, 1.54) is 12.1 Å². The highest BCUT2D eigenvalue weighted by Crippen LogP contribution is 2.15. The first kappa shape index (κ1) is 11.9. The van der Waals surface area contributed by atoms with Crippen LogP contribution in [0.3, 0.4) is 0 Å². The smallest absolute Gasteiger partial charge is 0.123 e. The van der Waals surface area contributed by atoms with Gasteiger partial charge in [0.1, 0.15) is 5.82 Å². The van der Waals surface area contributed by atoms with Gasteiger partial charge in [-0.1, -0.05) is 24.3 Å². The molecule has 96 valence electrons. The molecule has 0 amide bonds. The molecule has 1 aromatic heterocycles. The van der Waals surface area contributed by atoms with Gasteiger partial charge in [0.2, 0.25) is 0 Å². The van der Waals surface area contributed by atoms with E-state index in [4.69, 9.17) is 5.11 Å². The quantitative estimate of drug-likeness (QED) is 0.782. The summed E-state index contributed by atoms with van der Waals surface area (Å²) in [4.78, 5) is 0. The summed E-state index contributed by atoms with van der Waals surface area (Å²) in [6.07, 6.45) is 1.94. The van der Waals surface area contributed by atoms with Crippen LogP contribution in [0.1, 0.15) is 11.1 Å². The van der Waals surface area contributed by atoms with Crippen molar-refractivity contribution >= 4 is 10.9 Å². The molecule has 0 aliphatic rings. The van der Waals surface area contributed by atoms with Gasteiger partial charge in [-0.15, -0.1) is 0 Å². The van der Waals surface area contributed by atoms with E-state index in [9.17, 15) is 4.39 Å². The fourth-order valence-electron chi connectivity index (χ4n) is 2.07. The summed E-state index contributed by atoms with van der Waals surface area (Å²) >= 11 is 0. The molecule has 3 aromatic rings. The van der Waals surface area contributed by atoms with Crippen LogP contribution in [-0.2, 0) is 13.2 Å². The van der Waals surface area contributed by atoms with E-state index in [0.717, 1.165) is 22.0 Å². The Hall–Kier alpha value is -2.20. The van der Waals surface area contributed by atoms with Gasteiger partial charge in [0, 0.05) is 11.6 Å². The molecule has 0 bridgehead atoms. The van der Waals surface area contributed by atoms with Gasteiger partial charge in [-0.3, -0.25) is 4.68 Å². The Balaban J connectivity index is 1.90. The zero-order valence-electron chi connectivity index (χ0n) is 10.3. The van der Waals surface area contributed by atoms with Crippen molar-refractivity contribution in [2.45, 2.75) is 13.2 Å². The number of benzene rings is 2. The van der Waals surface area contributed by atoms with Crippen molar-refractivity contribution in [3.8, 4) is 0 Å². The maximum Gasteiger partial charge on any atom is 0.123 e. The van der Waals surface area contributed by atoms with E-state index >= 15 is 0 Å². The van der Waals surface area contributed by atoms with Gasteiger partial charge in [-0.05, 0) is 29.3 Å². The van der Waals surface area contributed by atoms with Crippen molar-refractivity contribution in [3.05, 3.63) is 65.6 Å². The Kier molecular flexibility index (Phi) is 3.01. The number of hydrogen-bond acceptors (Lipinski definition) is 2. The van der Waals surface area contributed by atoms with Gasteiger partial charge in [-0.25, -0.2) is 4.39 Å². The molecule has 0 atom stereocenters. The van der Waals surface area contributed by atoms with Crippen molar-refractivity contribution in [1.29, 1.82) is 0 Å². The highest BCUT2D eigenvalue weighted by Gasteiger charge is 2.03. The highest BCUT2D eigenvalue weighted by atomic mass is 19.1. The number of fused-ring (bicyclic) bond motifs is 1. The molecule has 0 saturated heterocycles. The lowest BCUT2D eigenvalue weighted by atomic mass is 10.2. The molecule has 1 N–H and O–H groups in total. The molecule has 2 aromatic carbocycles. The summed E-state index contributed by atoms with van der Waals surface area (Å²) in [7, 11) is 0. The summed E-state index contributed by atoms with van der Waals surface area (Å²) in [6.45, 7) is 0.615. The van der Waals surface area contributed by atoms with Crippen molar-refractivity contribution in [2.24, 2.45) is 0 Å². The Labute approximate surface area is 109 Å². The fraction of sp³-hybridized carbons (Fsp3) is 0.133. The molecule has 0 spiro atoms. The van der Waals surface area contributed by atoms with Crippen LogP contribution in [0.2, 0.25) is 0 Å². The van der Waals surface area contributed by atoms with Crippen molar-refractivity contribution in [1.82, 2.24) is 9.78 Å². The van der Waals surface area contributed by atoms with E-state index in [1.54, 1.807) is 12.1 Å². The minimum atomic E-state index is -0.234. The molecule has 0 aliphatic carbocycles. The third-order valence-electron chi connectivity index (χ3n) is 3.06. The summed E-state index contributed by atoms with van der Waals surface area (Å²) < 4.78 is 14.6. The average molecular weight is 256 g/mol. The maximum atomic E-state index is 12.8. The van der Waals surface area contributed by atoms with Crippen LogP contribution in [0.4, 0.5) is 4.39 Å². The third kappa shape index (κ3) is 2.48. The van der Waals surface area contributed by atoms with Crippen LogP contribution in [0.5, 0.6) is 0 Å². The molecule has 4 heteroatoms. The van der Waals surface area contributed by atoms with Crippen LogP contribution in [0, 0.1) is 5.82 Å². The van der Waals surface area contributed by atoms with E-state index in [-0.39, 0.29) is 12.4 Å². The standard InChI is InChI=1S/C15H13FN2O/c16-14-5-2-11(3-6-14)8-18-9-13-4-1-12(10-19)7-15(13)17-18/h1-7,9,19H,8,10H2. The Morgan fingerprint density at radius 3 is 2.53 bits per heavy atom. The first-order valence-corrected chi connectivity index (χ1v) is 6.06. The number of halogens is 1. The fourth-order valence-corrected chi connectivity index (χ4v) is 2.07. The maximum absolute atomic E-state index is 12.8. The predicted molar refractivity (Wildman–Crippen MR) is 71.2 cm³/mol. The Morgan fingerprint density at radius 2 is 1.79 bits per heavy atom. The predicted octanol–water partition coefficient (Wildman–Crippen LogP) is 2.72. The van der Waals surface area contributed by atoms with Crippen LogP contribution in [0.25, 0.3) is 10.9 Å². The van der Waals surface area contributed by atoms with Crippen molar-refractivity contribution < 1.29 is 9.50 Å². The zero-order valence-corrected chi connectivity index (χ0v) is 10.3. The second-order valence-corrected chi connectivity index (χ2v) is 4.50. The lowest BCUT2D eigenvalue weighted by Crippen LogP contribution is -1.99. The first-order valence-electron chi connectivity index (χ1n) is 6.06. The van der Waals surface area contributed by atoms with Crippen LogP contribution in [0.15, 0.2) is 48.7 Å². The number of aliphatic hydroxyl groups excluding tert-OH is 1. The molecule has 3 rings (SSSR count). The zero-order chi connectivity index (χ0) is 13.2. The Morgan fingerprint density at radius 1 is 1.05 bits per heavy atom. The number of hydrogen-bond donors (Lipinski definition) is 1. The number of aromatic nitrogens is 2. The normalized spacial score (nSPS) is 11.1. The third-order valence-corrected chi connectivity index (χ3v) is 3.06. The minimum Gasteiger partial charge on any atom is -0.392 e. The molecular weight excluding hydrogens is 243 g/mol. The topological polar surface area (TPSA) is 38.0 Å². The molecule has 19 heavy (non-hydrogen) atoms. The SMILES string of the molecule is OCc1ccc2cn(Cc3ccc(F)cc3)nc2c1. The van der Waals surface area contributed by atoms with E-state index in [0.29, 0.717) is 6.54 Å². The lowest BCUT2D eigenvalue weighted by molar-refractivity contribution is 0.282. The molecule has 0 unspecified atom stereocenters. The molecule has 1 heterocycles. The minimum absolute atomic E-state index is 0.0146. The summed E-state index contributed by atoms with van der Waals surface area (Å²) in [5.74, 6) is -0.234. The van der Waals surface area contributed by atoms with Gasteiger partial charge >= 0.3 is 0 Å². The lowest BCUT2D eigenvalue weighted by Gasteiger charge is -2.00. The molecule has 0 aliphatic heterocycles. The number of rotatable bonds is 3. The van der Waals surface area contributed by atoms with Crippen molar-refractivity contribution in [3.63, 3.8) is 0 Å². The molecular formula is C15H13FN2O. The molecule has 3 nitrogen and oxygen atoms in total. The number of nitrogens with zero attached hydrogens (tertiary/aromatic N) is 2. The summed E-state index contributed by atoms with van der Waals surface area (Å²) in [5, 5.41) is 14.6. The molecule has 0 saturated carbocycles. The van der Waals surface area contributed by atoms with Crippen LogP contribution in [-0.4, -0.2) is 14.9 Å². The number of aliphatic hydroxyl groups is 1.